The van der Waals surface area contributed by atoms with Crippen molar-refractivity contribution in [3.05, 3.63) is 40.9 Å². The van der Waals surface area contributed by atoms with Gasteiger partial charge in [0.2, 0.25) is 0 Å². The molecule has 0 atom stereocenters. The first-order chi connectivity index (χ1) is 6.74. The Morgan fingerprint density at radius 1 is 1.43 bits per heavy atom. The number of nitrogens with zero attached hydrogens (tertiary/aromatic N) is 1. The molecule has 72 valence electrons. The highest BCUT2D eigenvalue weighted by Gasteiger charge is 2.09. The summed E-state index contributed by atoms with van der Waals surface area (Å²) < 4.78 is 13.4. The quantitative estimate of drug-likeness (QED) is 0.718. The second-order valence-electron chi connectivity index (χ2n) is 2.87. The van der Waals surface area contributed by atoms with Crippen molar-refractivity contribution >= 4 is 38.3 Å². The van der Waals surface area contributed by atoms with Crippen molar-refractivity contribution in [1.82, 2.24) is 4.98 Å². The Labute approximate surface area is 94.0 Å². The highest BCUT2D eigenvalue weighted by molar-refractivity contribution is 9.08. The first-order valence-corrected chi connectivity index (χ1v) is 5.50. The van der Waals surface area contributed by atoms with Crippen molar-refractivity contribution in [2.45, 2.75) is 5.33 Å². The summed E-state index contributed by atoms with van der Waals surface area (Å²) in [5, 5.41) is 2.47. The highest BCUT2D eigenvalue weighted by atomic mass is 79.9. The highest BCUT2D eigenvalue weighted by Crippen LogP contribution is 2.29. The van der Waals surface area contributed by atoms with Gasteiger partial charge in [0.05, 0.1) is 5.02 Å². The van der Waals surface area contributed by atoms with Crippen LogP contribution >= 0.6 is 27.5 Å². The van der Waals surface area contributed by atoms with Gasteiger partial charge in [-0.25, -0.2) is 4.39 Å². The zero-order valence-electron chi connectivity index (χ0n) is 7.10. The molecule has 0 aliphatic rings. The van der Waals surface area contributed by atoms with Crippen LogP contribution in [0.3, 0.4) is 0 Å². The van der Waals surface area contributed by atoms with Gasteiger partial charge >= 0.3 is 0 Å². The lowest BCUT2D eigenvalue weighted by molar-refractivity contribution is 0.620. The van der Waals surface area contributed by atoms with Gasteiger partial charge in [-0.15, -0.1) is 0 Å². The lowest BCUT2D eigenvalue weighted by Crippen LogP contribution is -1.90. The largest absolute Gasteiger partial charge is 0.264 e. The van der Waals surface area contributed by atoms with Gasteiger partial charge in [0, 0.05) is 34.1 Å². The monoisotopic (exact) mass is 273 g/mol. The maximum atomic E-state index is 13.4. The van der Waals surface area contributed by atoms with Gasteiger partial charge in [0.15, 0.2) is 0 Å². The van der Waals surface area contributed by atoms with Crippen molar-refractivity contribution in [1.29, 1.82) is 0 Å². The normalized spacial score (nSPS) is 10.8. The second-order valence-corrected chi connectivity index (χ2v) is 3.84. The van der Waals surface area contributed by atoms with Crippen LogP contribution in [0.2, 0.25) is 5.02 Å². The smallest absolute Gasteiger partial charge is 0.129 e. The molecule has 0 N–H and O–H groups in total. The number of pyridine rings is 1. The van der Waals surface area contributed by atoms with Crippen LogP contribution in [0, 0.1) is 5.82 Å². The summed E-state index contributed by atoms with van der Waals surface area (Å²) in [6.07, 6.45) is 3.27. The van der Waals surface area contributed by atoms with Gasteiger partial charge in [-0.3, -0.25) is 4.98 Å². The molecule has 0 saturated heterocycles. The van der Waals surface area contributed by atoms with Crippen LogP contribution in [-0.2, 0) is 5.33 Å². The van der Waals surface area contributed by atoms with Crippen LogP contribution in [-0.4, -0.2) is 4.98 Å². The van der Waals surface area contributed by atoms with E-state index in [1.54, 1.807) is 18.5 Å². The zero-order chi connectivity index (χ0) is 10.1. The summed E-state index contributed by atoms with van der Waals surface area (Å²) in [7, 11) is 0. The Morgan fingerprint density at radius 2 is 2.21 bits per heavy atom. The Hall–Kier alpha value is -0.670. The lowest BCUT2D eigenvalue weighted by Gasteiger charge is -2.06. The summed E-state index contributed by atoms with van der Waals surface area (Å²) in [6, 6.07) is 3.11. The third-order valence-corrected chi connectivity index (χ3v) is 2.95. The molecule has 0 bridgehead atoms. The molecule has 14 heavy (non-hydrogen) atoms. The summed E-state index contributed by atoms with van der Waals surface area (Å²) in [5.74, 6) is -0.299. The molecule has 2 rings (SSSR count). The third kappa shape index (κ3) is 1.51. The standard InChI is InChI=1S/C10H6BrClFN/c11-4-7-8-5-14-2-1-6(8)9(12)3-10(7)13/h1-3,5H,4H2. The molecule has 1 aromatic carbocycles. The Balaban J connectivity index is 2.90. The van der Waals surface area contributed by atoms with Crippen LogP contribution in [0.15, 0.2) is 24.5 Å². The minimum absolute atomic E-state index is 0.299. The molecule has 0 aliphatic carbocycles. The van der Waals surface area contributed by atoms with Gasteiger partial charge in [0.25, 0.3) is 0 Å². The summed E-state index contributed by atoms with van der Waals surface area (Å²) in [6.45, 7) is 0. The maximum absolute atomic E-state index is 13.4. The number of benzene rings is 1. The van der Waals surface area contributed by atoms with E-state index >= 15 is 0 Å². The Morgan fingerprint density at radius 3 is 2.93 bits per heavy atom. The topological polar surface area (TPSA) is 12.9 Å². The molecule has 1 aromatic heterocycles. The fourth-order valence-corrected chi connectivity index (χ4v) is 2.21. The fourth-order valence-electron chi connectivity index (χ4n) is 1.38. The van der Waals surface area contributed by atoms with Gasteiger partial charge in [-0.05, 0) is 12.1 Å². The molecule has 0 unspecified atom stereocenters. The molecule has 4 heteroatoms. The van der Waals surface area contributed by atoms with Gasteiger partial charge < -0.3 is 0 Å². The van der Waals surface area contributed by atoms with E-state index in [0.29, 0.717) is 15.9 Å². The molecule has 0 radical (unpaired) electrons. The van der Waals surface area contributed by atoms with Crippen LogP contribution in [0.1, 0.15) is 5.56 Å². The average molecular weight is 275 g/mol. The van der Waals surface area contributed by atoms with E-state index in [-0.39, 0.29) is 5.82 Å². The second kappa shape index (κ2) is 3.83. The van der Waals surface area contributed by atoms with E-state index in [0.717, 1.165) is 10.8 Å². The first-order valence-electron chi connectivity index (χ1n) is 4.00. The van der Waals surface area contributed by atoms with Crippen LogP contribution < -0.4 is 0 Å². The van der Waals surface area contributed by atoms with Gasteiger partial charge in [-0.1, -0.05) is 27.5 Å². The molecule has 0 aliphatic heterocycles. The predicted octanol–water partition coefficient (Wildman–Crippen LogP) is 3.92. The molecule has 0 amide bonds. The van der Waals surface area contributed by atoms with E-state index in [2.05, 4.69) is 20.9 Å². The summed E-state index contributed by atoms with van der Waals surface area (Å²) >= 11 is 9.15. The Kier molecular flexibility index (Phi) is 2.70. The molecular weight excluding hydrogens is 268 g/mol. The number of alkyl halides is 1. The van der Waals surface area contributed by atoms with E-state index in [1.165, 1.54) is 6.07 Å². The maximum Gasteiger partial charge on any atom is 0.129 e. The number of hydrogen-bond donors (Lipinski definition) is 0. The van der Waals surface area contributed by atoms with Crippen molar-refractivity contribution < 1.29 is 4.39 Å². The van der Waals surface area contributed by atoms with E-state index in [4.69, 9.17) is 11.6 Å². The Bertz CT molecular complexity index is 487. The van der Waals surface area contributed by atoms with Crippen LogP contribution in [0.25, 0.3) is 10.8 Å². The van der Waals surface area contributed by atoms with Crippen LogP contribution in [0.5, 0.6) is 0 Å². The fraction of sp³-hybridized carbons (Fsp3) is 0.100. The average Bonchev–Trinajstić information content (AvgIpc) is 2.18. The number of fused-ring (bicyclic) bond motifs is 1. The van der Waals surface area contributed by atoms with Crippen molar-refractivity contribution in [2.75, 3.05) is 0 Å². The van der Waals surface area contributed by atoms with Crippen molar-refractivity contribution in [2.24, 2.45) is 0 Å². The number of halogens is 3. The van der Waals surface area contributed by atoms with Crippen molar-refractivity contribution in [3.8, 4) is 0 Å². The van der Waals surface area contributed by atoms with Gasteiger partial charge in [0.1, 0.15) is 5.82 Å². The number of hydrogen-bond acceptors (Lipinski definition) is 1. The SMILES string of the molecule is Fc1cc(Cl)c2ccncc2c1CBr. The van der Waals surface area contributed by atoms with Crippen molar-refractivity contribution in [3.63, 3.8) is 0 Å². The summed E-state index contributed by atoms with van der Waals surface area (Å²) in [4.78, 5) is 3.96. The minimum Gasteiger partial charge on any atom is -0.264 e. The molecule has 0 saturated carbocycles. The minimum atomic E-state index is -0.299. The number of aromatic nitrogens is 1. The first kappa shape index (κ1) is 9.87. The zero-order valence-corrected chi connectivity index (χ0v) is 9.44. The number of rotatable bonds is 1. The molecule has 0 spiro atoms. The van der Waals surface area contributed by atoms with E-state index in [1.807, 2.05) is 0 Å². The van der Waals surface area contributed by atoms with E-state index < -0.39 is 0 Å². The molecule has 0 fully saturated rings. The van der Waals surface area contributed by atoms with E-state index in [9.17, 15) is 4.39 Å². The molecule has 1 nitrogen and oxygen atoms in total. The third-order valence-electron chi connectivity index (χ3n) is 2.08. The molecular formula is C10H6BrClFN. The van der Waals surface area contributed by atoms with Gasteiger partial charge in [-0.2, -0.15) is 0 Å². The van der Waals surface area contributed by atoms with Crippen LogP contribution in [0.4, 0.5) is 4.39 Å². The lowest BCUT2D eigenvalue weighted by atomic mass is 10.1. The predicted molar refractivity (Wildman–Crippen MR) is 59.3 cm³/mol. The molecule has 2 aromatic rings. The molecule has 1 heterocycles. The summed E-state index contributed by atoms with van der Waals surface area (Å²) in [5.41, 5.74) is 0.595.